The van der Waals surface area contributed by atoms with Gasteiger partial charge in [0.15, 0.2) is 5.43 Å². The summed E-state index contributed by atoms with van der Waals surface area (Å²) < 4.78 is 9.53. The summed E-state index contributed by atoms with van der Waals surface area (Å²) in [6.45, 7) is 2.92. The lowest BCUT2D eigenvalue weighted by Gasteiger charge is -2.28. The number of rotatable bonds is 11. The second kappa shape index (κ2) is 17.6. The van der Waals surface area contributed by atoms with Gasteiger partial charge < -0.3 is 44.9 Å². The fraction of sp³-hybridized carbons (Fsp3) is 0.311. The highest BCUT2D eigenvalue weighted by atomic mass is 16.5. The van der Waals surface area contributed by atoms with E-state index in [1.807, 2.05) is 67.6 Å². The molecule has 0 unspecified atom stereocenters. The van der Waals surface area contributed by atoms with Crippen molar-refractivity contribution in [3.05, 3.63) is 119 Å². The molecule has 2 aliphatic heterocycles. The van der Waals surface area contributed by atoms with Crippen LogP contribution in [0.1, 0.15) is 74.4 Å². The largest absolute Gasteiger partial charge is 0.453 e. The van der Waals surface area contributed by atoms with Crippen LogP contribution in [0, 0.1) is 0 Å². The maximum atomic E-state index is 13.9. The minimum Gasteiger partial charge on any atom is -0.453 e. The van der Waals surface area contributed by atoms with Crippen molar-refractivity contribution < 1.29 is 28.7 Å². The van der Waals surface area contributed by atoms with Crippen molar-refractivity contribution in [1.29, 1.82) is 0 Å². The Bertz CT molecular complexity index is 2620. The normalized spacial score (nSPS) is 17.2. The first-order chi connectivity index (χ1) is 29.6. The summed E-state index contributed by atoms with van der Waals surface area (Å²) in [5.74, 6) is 0.880. The molecule has 6 aromatic rings. The number of likely N-dealkylation sites (tertiary alicyclic amines) is 2. The van der Waals surface area contributed by atoms with Gasteiger partial charge in [-0.25, -0.2) is 19.6 Å². The van der Waals surface area contributed by atoms with Crippen LogP contribution in [0.3, 0.4) is 0 Å². The quantitative estimate of drug-likeness (QED) is 0.0961. The van der Waals surface area contributed by atoms with Crippen molar-refractivity contribution in [2.24, 2.45) is 0 Å². The van der Waals surface area contributed by atoms with Crippen molar-refractivity contribution >= 4 is 34.9 Å². The van der Waals surface area contributed by atoms with Gasteiger partial charge >= 0.3 is 12.2 Å². The summed E-state index contributed by atoms with van der Waals surface area (Å²) >= 11 is 0. The molecule has 0 radical (unpaired) electrons. The lowest BCUT2D eigenvalue weighted by molar-refractivity contribution is -0.135. The zero-order valence-electron chi connectivity index (χ0n) is 34.1. The Labute approximate surface area is 351 Å². The maximum absolute atomic E-state index is 13.9. The number of carbonyl (C=O) groups is 4. The van der Waals surface area contributed by atoms with E-state index >= 15 is 0 Å². The molecule has 2 saturated heterocycles. The minimum absolute atomic E-state index is 0.145. The van der Waals surface area contributed by atoms with Crippen molar-refractivity contribution in [1.82, 2.24) is 45.4 Å². The Morgan fingerprint density at radius 1 is 0.705 bits per heavy atom. The summed E-state index contributed by atoms with van der Waals surface area (Å²) in [6.07, 6.45) is 5.61. The van der Waals surface area contributed by atoms with Gasteiger partial charge in [0, 0.05) is 41.3 Å². The van der Waals surface area contributed by atoms with Gasteiger partial charge in [-0.15, -0.1) is 0 Å². The number of amides is 4. The fourth-order valence-corrected chi connectivity index (χ4v) is 8.35. The van der Waals surface area contributed by atoms with Crippen LogP contribution in [0.2, 0.25) is 0 Å². The Kier molecular flexibility index (Phi) is 11.7. The van der Waals surface area contributed by atoms with Crippen LogP contribution in [0.25, 0.3) is 44.7 Å². The van der Waals surface area contributed by atoms with E-state index in [1.54, 1.807) is 40.4 Å². The highest BCUT2D eigenvalue weighted by molar-refractivity contribution is 5.88. The average molecular weight is 826 g/mol. The molecular formula is C45H47N9O7. The first kappa shape index (κ1) is 40.5. The zero-order chi connectivity index (χ0) is 42.6. The number of fused-ring (bicyclic) bond motifs is 1. The molecule has 5 N–H and O–H groups in total. The molecule has 0 aliphatic carbocycles. The van der Waals surface area contributed by atoms with Crippen LogP contribution < -0.4 is 16.1 Å². The van der Waals surface area contributed by atoms with Crippen molar-refractivity contribution in [2.75, 3.05) is 27.3 Å². The molecule has 8 rings (SSSR count). The SMILES string of the molecule is CC[C@@H](NC(=O)OC)C(=O)N1CCC[C@H]1c1ncc(-c2ccc(-c3cc(=O)c4cc(-c5cnc([C@@H]6CCCN6C(=O)[C@H](NC(=O)OC)c6ccccc6)[nH]5)ccc4[nH]3)cc2)[nH]1. The molecule has 16 nitrogen and oxygen atoms in total. The van der Waals surface area contributed by atoms with Crippen LogP contribution in [-0.2, 0) is 19.1 Å². The molecule has 4 amide bonds. The molecule has 2 fully saturated rings. The monoisotopic (exact) mass is 825 g/mol. The lowest BCUT2D eigenvalue weighted by Crippen LogP contribution is -2.48. The summed E-state index contributed by atoms with van der Waals surface area (Å²) in [5, 5.41) is 5.84. The number of nitrogens with one attached hydrogen (secondary N) is 5. The van der Waals surface area contributed by atoms with E-state index in [4.69, 9.17) is 9.47 Å². The molecule has 3 aromatic heterocycles. The van der Waals surface area contributed by atoms with Crippen LogP contribution in [-0.4, -0.2) is 92.1 Å². The van der Waals surface area contributed by atoms with Gasteiger partial charge in [0.25, 0.3) is 5.91 Å². The maximum Gasteiger partial charge on any atom is 0.407 e. The zero-order valence-corrected chi connectivity index (χ0v) is 34.1. The Morgan fingerprint density at radius 3 is 1.87 bits per heavy atom. The van der Waals surface area contributed by atoms with Gasteiger partial charge in [0.2, 0.25) is 5.91 Å². The molecule has 4 atom stereocenters. The molecule has 5 heterocycles. The predicted molar refractivity (Wildman–Crippen MR) is 227 cm³/mol. The molecule has 16 heteroatoms. The summed E-state index contributed by atoms with van der Waals surface area (Å²) in [6, 6.07) is 21.9. The second-order valence-corrected chi connectivity index (χ2v) is 15.2. The predicted octanol–water partition coefficient (Wildman–Crippen LogP) is 6.53. The topological polar surface area (TPSA) is 207 Å². The number of hydrogen-bond donors (Lipinski definition) is 5. The lowest BCUT2D eigenvalue weighted by atomic mass is 10.0. The first-order valence-electron chi connectivity index (χ1n) is 20.4. The van der Waals surface area contributed by atoms with E-state index in [1.165, 1.54) is 14.2 Å². The van der Waals surface area contributed by atoms with Gasteiger partial charge in [0.1, 0.15) is 23.7 Å². The molecule has 314 valence electrons. The third kappa shape index (κ3) is 8.33. The molecular weight excluding hydrogens is 779 g/mol. The number of aromatic amines is 3. The third-order valence-electron chi connectivity index (χ3n) is 11.6. The smallest absolute Gasteiger partial charge is 0.407 e. The van der Waals surface area contributed by atoms with Gasteiger partial charge in [-0.05, 0) is 60.9 Å². The third-order valence-corrected chi connectivity index (χ3v) is 11.6. The van der Waals surface area contributed by atoms with Crippen LogP contribution in [0.15, 0.2) is 96.1 Å². The van der Waals surface area contributed by atoms with Gasteiger partial charge in [-0.2, -0.15) is 0 Å². The van der Waals surface area contributed by atoms with E-state index in [0.717, 1.165) is 41.6 Å². The Hall–Kier alpha value is -7.23. The highest BCUT2D eigenvalue weighted by Crippen LogP contribution is 2.35. The molecule has 2 aliphatic rings. The number of pyridine rings is 1. The number of hydrogen-bond acceptors (Lipinski definition) is 9. The summed E-state index contributed by atoms with van der Waals surface area (Å²) in [4.78, 5) is 88.0. The number of alkyl carbamates (subject to hydrolysis) is 2. The molecule has 61 heavy (non-hydrogen) atoms. The second-order valence-electron chi connectivity index (χ2n) is 15.2. The number of carbonyl (C=O) groups excluding carboxylic acids is 4. The van der Waals surface area contributed by atoms with Gasteiger partial charge in [-0.3, -0.25) is 14.4 Å². The van der Waals surface area contributed by atoms with Crippen molar-refractivity contribution in [3.8, 4) is 33.8 Å². The standard InChI is InChI=1S/C45H47N9O7/c1-4-31(51-44(58)60-2)42(56)53-20-8-12-36(53)40-46-24-34(49-40)27-16-14-26(15-17-27)33-23-38(55)30-22-29(18-19-32(30)48-33)35-25-47-41(50-35)37-13-9-21-54(37)43(57)39(52-45(59)61-3)28-10-6-5-7-11-28/h5-7,10-11,14-19,22-25,31,36-37,39H,4,8-9,12-13,20-21H2,1-3H3,(H,46,49)(H,47,50)(H,48,55)(H,51,58)(H,52,59)/t31-,36+,37+,39-/m1/s1. The molecule has 3 aromatic carbocycles. The molecule has 0 saturated carbocycles. The van der Waals surface area contributed by atoms with Crippen LogP contribution in [0.4, 0.5) is 9.59 Å². The van der Waals surface area contributed by atoms with E-state index in [9.17, 15) is 24.0 Å². The van der Waals surface area contributed by atoms with E-state index < -0.39 is 24.3 Å². The van der Waals surface area contributed by atoms with E-state index in [2.05, 4.69) is 35.6 Å². The number of aromatic nitrogens is 5. The van der Waals surface area contributed by atoms with E-state index in [0.29, 0.717) is 65.4 Å². The summed E-state index contributed by atoms with van der Waals surface area (Å²) in [5.41, 5.74) is 5.83. The number of H-pyrrole nitrogens is 3. The minimum atomic E-state index is -0.921. The Morgan fingerprint density at radius 2 is 1.26 bits per heavy atom. The molecule has 0 spiro atoms. The van der Waals surface area contributed by atoms with Crippen molar-refractivity contribution in [3.63, 3.8) is 0 Å². The number of nitrogens with zero attached hydrogens (tertiary/aromatic N) is 4. The number of imidazole rings is 2. The van der Waals surface area contributed by atoms with Crippen LogP contribution in [0.5, 0.6) is 0 Å². The fourth-order valence-electron chi connectivity index (χ4n) is 8.35. The summed E-state index contributed by atoms with van der Waals surface area (Å²) in [7, 11) is 2.53. The van der Waals surface area contributed by atoms with Crippen molar-refractivity contribution in [2.45, 2.75) is 63.2 Å². The molecule has 0 bridgehead atoms. The number of ether oxygens (including phenoxy) is 2. The van der Waals surface area contributed by atoms with E-state index in [-0.39, 0.29) is 29.3 Å². The average Bonchev–Trinajstić information content (AvgIpc) is 4.14. The van der Waals surface area contributed by atoms with Gasteiger partial charge in [0.05, 0.1) is 50.1 Å². The van der Waals surface area contributed by atoms with Gasteiger partial charge in [-0.1, -0.05) is 67.6 Å². The number of benzene rings is 3. The highest BCUT2D eigenvalue weighted by Gasteiger charge is 2.38. The Balaban J connectivity index is 0.963. The number of methoxy groups -OCH3 is 2. The first-order valence-corrected chi connectivity index (χ1v) is 20.4. The van der Waals surface area contributed by atoms with Crippen LogP contribution >= 0.6 is 0 Å².